The summed E-state index contributed by atoms with van der Waals surface area (Å²) in [7, 11) is 1.45. The molecule has 0 atom stereocenters. The first kappa shape index (κ1) is 19.2. The van der Waals surface area contributed by atoms with Gasteiger partial charge in [0.1, 0.15) is 6.54 Å². The Balaban J connectivity index is 1.47. The lowest BCUT2D eigenvalue weighted by atomic mass is 9.90. The monoisotopic (exact) mass is 391 g/mol. The molecule has 0 unspecified atom stereocenters. The van der Waals surface area contributed by atoms with Crippen molar-refractivity contribution in [1.82, 2.24) is 14.0 Å². The van der Waals surface area contributed by atoms with Crippen LogP contribution in [0.15, 0.2) is 64.2 Å². The maximum absolute atomic E-state index is 12.9. The van der Waals surface area contributed by atoms with Gasteiger partial charge in [-0.3, -0.25) is 18.7 Å². The number of fused-ring (bicyclic) bond motifs is 1. The molecule has 3 aromatic rings. The molecule has 2 heterocycles. The number of para-hydroxylation sites is 1. The number of benzene rings is 2. The van der Waals surface area contributed by atoms with E-state index in [-0.39, 0.29) is 18.0 Å². The standard InChI is InChI=1S/C23H25N3O3/c1-24-22(28)19-9-5-6-10-20(19)26(23(24)29)16-21(27)25-13-11-18(12-14-25)15-17-7-3-2-4-8-17/h2-10,18H,11-16H2,1H3. The summed E-state index contributed by atoms with van der Waals surface area (Å²) >= 11 is 0. The summed E-state index contributed by atoms with van der Waals surface area (Å²) in [6, 6.07) is 17.4. The Morgan fingerprint density at radius 2 is 1.62 bits per heavy atom. The molecule has 4 rings (SSSR count). The fourth-order valence-electron chi connectivity index (χ4n) is 4.16. The van der Waals surface area contributed by atoms with Crippen molar-refractivity contribution in [3.8, 4) is 0 Å². The first-order chi connectivity index (χ1) is 14.0. The van der Waals surface area contributed by atoms with Gasteiger partial charge in [-0.25, -0.2) is 4.79 Å². The highest BCUT2D eigenvalue weighted by atomic mass is 16.2. The van der Waals surface area contributed by atoms with Crippen LogP contribution in [-0.4, -0.2) is 33.0 Å². The Hall–Kier alpha value is -3.15. The van der Waals surface area contributed by atoms with Crippen molar-refractivity contribution in [1.29, 1.82) is 0 Å². The number of hydrogen-bond donors (Lipinski definition) is 0. The van der Waals surface area contributed by atoms with E-state index < -0.39 is 5.69 Å². The highest BCUT2D eigenvalue weighted by molar-refractivity contribution is 5.81. The number of carbonyl (C=O) groups excluding carboxylic acids is 1. The van der Waals surface area contributed by atoms with E-state index in [1.165, 1.54) is 17.2 Å². The fourth-order valence-corrected chi connectivity index (χ4v) is 4.16. The normalized spacial score (nSPS) is 15.0. The van der Waals surface area contributed by atoms with Crippen LogP contribution in [0.5, 0.6) is 0 Å². The molecule has 6 nitrogen and oxygen atoms in total. The molecule has 1 amide bonds. The lowest BCUT2D eigenvalue weighted by Gasteiger charge is -2.32. The Kier molecular flexibility index (Phi) is 5.34. The van der Waals surface area contributed by atoms with Gasteiger partial charge in [0.25, 0.3) is 5.56 Å². The number of hydrogen-bond acceptors (Lipinski definition) is 3. The SMILES string of the molecule is Cn1c(=O)c2ccccc2n(CC(=O)N2CCC(Cc3ccccc3)CC2)c1=O. The lowest BCUT2D eigenvalue weighted by molar-refractivity contribution is -0.133. The van der Waals surface area contributed by atoms with Gasteiger partial charge in [-0.2, -0.15) is 0 Å². The van der Waals surface area contributed by atoms with Crippen LogP contribution in [0, 0.1) is 5.92 Å². The maximum Gasteiger partial charge on any atom is 0.331 e. The van der Waals surface area contributed by atoms with E-state index >= 15 is 0 Å². The van der Waals surface area contributed by atoms with Crippen LogP contribution in [-0.2, 0) is 24.8 Å². The molecule has 1 aliphatic rings. The average molecular weight is 391 g/mol. The van der Waals surface area contributed by atoms with E-state index in [2.05, 4.69) is 24.3 Å². The number of piperidine rings is 1. The molecule has 6 heteroatoms. The van der Waals surface area contributed by atoms with Crippen LogP contribution in [0.4, 0.5) is 0 Å². The van der Waals surface area contributed by atoms with E-state index in [1.54, 1.807) is 24.3 Å². The van der Waals surface area contributed by atoms with Crippen LogP contribution in [0.3, 0.4) is 0 Å². The van der Waals surface area contributed by atoms with Crippen LogP contribution in [0.2, 0.25) is 0 Å². The zero-order chi connectivity index (χ0) is 20.4. The second kappa shape index (κ2) is 8.07. The molecular weight excluding hydrogens is 366 g/mol. The third-order valence-corrected chi connectivity index (χ3v) is 5.88. The number of aromatic nitrogens is 2. The average Bonchev–Trinajstić information content (AvgIpc) is 2.76. The largest absolute Gasteiger partial charge is 0.341 e. The van der Waals surface area contributed by atoms with Gasteiger partial charge >= 0.3 is 5.69 Å². The minimum atomic E-state index is -0.457. The second-order valence-electron chi connectivity index (χ2n) is 7.76. The van der Waals surface area contributed by atoms with Crippen LogP contribution < -0.4 is 11.2 Å². The summed E-state index contributed by atoms with van der Waals surface area (Å²) < 4.78 is 2.48. The molecule has 0 N–H and O–H groups in total. The zero-order valence-electron chi connectivity index (χ0n) is 16.6. The van der Waals surface area contributed by atoms with E-state index in [4.69, 9.17) is 0 Å². The van der Waals surface area contributed by atoms with Gasteiger partial charge in [0.05, 0.1) is 10.9 Å². The molecule has 0 bridgehead atoms. The van der Waals surface area contributed by atoms with E-state index in [1.807, 2.05) is 11.0 Å². The minimum absolute atomic E-state index is 0.0448. The first-order valence-electron chi connectivity index (χ1n) is 10.0. The number of rotatable bonds is 4. The van der Waals surface area contributed by atoms with Crippen molar-refractivity contribution in [2.24, 2.45) is 13.0 Å². The molecule has 1 aromatic heterocycles. The summed E-state index contributed by atoms with van der Waals surface area (Å²) in [5.74, 6) is 0.497. The van der Waals surface area contributed by atoms with Gasteiger partial charge in [-0.15, -0.1) is 0 Å². The van der Waals surface area contributed by atoms with Crippen molar-refractivity contribution in [3.63, 3.8) is 0 Å². The predicted octanol–water partition coefficient (Wildman–Crippen LogP) is 2.18. The molecular formula is C23H25N3O3. The molecule has 0 radical (unpaired) electrons. The second-order valence-corrected chi connectivity index (χ2v) is 7.76. The minimum Gasteiger partial charge on any atom is -0.341 e. The molecule has 1 aliphatic heterocycles. The summed E-state index contributed by atoms with van der Waals surface area (Å²) in [5, 5.41) is 0.448. The number of carbonyl (C=O) groups is 1. The Morgan fingerprint density at radius 1 is 0.966 bits per heavy atom. The Bertz CT molecular complexity index is 1140. The van der Waals surface area contributed by atoms with Crippen molar-refractivity contribution >= 4 is 16.8 Å². The molecule has 29 heavy (non-hydrogen) atoms. The fraction of sp³-hybridized carbons (Fsp3) is 0.348. The van der Waals surface area contributed by atoms with Crippen molar-refractivity contribution < 1.29 is 4.79 Å². The molecule has 0 spiro atoms. The molecule has 1 saturated heterocycles. The lowest BCUT2D eigenvalue weighted by Crippen LogP contribution is -2.44. The number of amides is 1. The van der Waals surface area contributed by atoms with Gasteiger partial charge in [0.15, 0.2) is 0 Å². The van der Waals surface area contributed by atoms with Crippen LogP contribution >= 0.6 is 0 Å². The quantitative estimate of drug-likeness (QED) is 0.685. The topological polar surface area (TPSA) is 64.3 Å². The zero-order valence-corrected chi connectivity index (χ0v) is 16.6. The summed E-state index contributed by atoms with van der Waals surface area (Å²) in [5.41, 5.74) is 1.05. The molecule has 2 aromatic carbocycles. The molecule has 0 aliphatic carbocycles. The molecule has 0 saturated carbocycles. The van der Waals surface area contributed by atoms with Gasteiger partial charge in [0.2, 0.25) is 5.91 Å². The van der Waals surface area contributed by atoms with Crippen molar-refractivity contribution in [2.75, 3.05) is 13.1 Å². The smallest absolute Gasteiger partial charge is 0.331 e. The van der Waals surface area contributed by atoms with E-state index in [0.717, 1.165) is 23.8 Å². The van der Waals surface area contributed by atoms with Gasteiger partial charge in [-0.1, -0.05) is 42.5 Å². The van der Waals surface area contributed by atoms with Crippen LogP contribution in [0.25, 0.3) is 10.9 Å². The van der Waals surface area contributed by atoms with Gasteiger partial charge < -0.3 is 4.90 Å². The predicted molar refractivity (Wildman–Crippen MR) is 113 cm³/mol. The van der Waals surface area contributed by atoms with Gasteiger partial charge in [0, 0.05) is 20.1 Å². The van der Waals surface area contributed by atoms with E-state index in [9.17, 15) is 14.4 Å². The summed E-state index contributed by atoms with van der Waals surface area (Å²) in [4.78, 5) is 39.7. The third kappa shape index (κ3) is 3.88. The summed E-state index contributed by atoms with van der Waals surface area (Å²) in [6.07, 6.45) is 2.96. The highest BCUT2D eigenvalue weighted by Gasteiger charge is 2.24. The summed E-state index contributed by atoms with van der Waals surface area (Å²) in [6.45, 7) is 1.36. The Morgan fingerprint density at radius 3 is 2.34 bits per heavy atom. The number of nitrogens with zero attached hydrogens (tertiary/aromatic N) is 3. The third-order valence-electron chi connectivity index (χ3n) is 5.88. The van der Waals surface area contributed by atoms with E-state index in [0.29, 0.717) is 29.9 Å². The Labute approximate surface area is 169 Å². The van der Waals surface area contributed by atoms with Crippen molar-refractivity contribution in [3.05, 3.63) is 81.0 Å². The molecule has 150 valence electrons. The van der Waals surface area contributed by atoms with Crippen molar-refractivity contribution in [2.45, 2.75) is 25.8 Å². The maximum atomic E-state index is 12.9. The first-order valence-corrected chi connectivity index (χ1v) is 10.0. The highest BCUT2D eigenvalue weighted by Crippen LogP contribution is 2.22. The van der Waals surface area contributed by atoms with Gasteiger partial charge in [-0.05, 0) is 42.9 Å². The molecule has 1 fully saturated rings. The van der Waals surface area contributed by atoms with Crippen LogP contribution in [0.1, 0.15) is 18.4 Å². The number of likely N-dealkylation sites (tertiary alicyclic amines) is 1.